The average molecular weight is 276 g/mol. The molecule has 0 heterocycles. The third-order valence-corrected chi connectivity index (χ3v) is 4.09. The topological polar surface area (TPSA) is 52.5 Å². The lowest BCUT2D eigenvalue weighted by Gasteiger charge is -2.12. The molecule has 0 saturated carbocycles. The van der Waals surface area contributed by atoms with E-state index < -0.39 is 8.56 Å². The monoisotopic (exact) mass is 275 g/mol. The van der Waals surface area contributed by atoms with Gasteiger partial charge < -0.3 is 14.9 Å². The zero-order chi connectivity index (χ0) is 13.7. The molecule has 0 aliphatic carbocycles. The van der Waals surface area contributed by atoms with Gasteiger partial charge in [0, 0.05) is 6.17 Å². The van der Waals surface area contributed by atoms with E-state index in [4.69, 9.17) is 0 Å². The average Bonchev–Trinajstić information content (AvgIpc) is 2.29. The van der Waals surface area contributed by atoms with Gasteiger partial charge in [0.2, 0.25) is 0 Å². The minimum absolute atomic E-state index is 0.393. The summed E-state index contributed by atoms with van der Waals surface area (Å²) in [6, 6.07) is 0. The maximum atomic E-state index is 9.21. The molecule has 3 N–H and O–H groups in total. The second-order valence-electron chi connectivity index (χ2n) is 5.58. The minimum atomic E-state index is -2.87. The fourth-order valence-electron chi connectivity index (χ4n) is 2.06. The first-order valence-corrected chi connectivity index (χ1v) is 10.3. The molecule has 0 aromatic carbocycles. The lowest BCUT2D eigenvalue weighted by molar-refractivity contribution is 0.363. The highest BCUT2D eigenvalue weighted by Crippen LogP contribution is 2.10. The van der Waals surface area contributed by atoms with Crippen LogP contribution in [-0.2, 0) is 0 Å². The summed E-state index contributed by atoms with van der Waals surface area (Å²) in [5, 5.41) is 3.11. The van der Waals surface area contributed by atoms with Crippen LogP contribution >= 0.6 is 0 Å². The first-order valence-electron chi connectivity index (χ1n) is 7.71. The third-order valence-electron chi connectivity index (χ3n) is 3.17. The molecule has 110 valence electrons. The van der Waals surface area contributed by atoms with Gasteiger partial charge in [0.05, 0.1) is 0 Å². The van der Waals surface area contributed by atoms with Gasteiger partial charge in [-0.3, -0.25) is 0 Å². The Kier molecular flexibility index (Phi) is 12.2. The molecule has 0 radical (unpaired) electrons. The van der Waals surface area contributed by atoms with E-state index in [-0.39, 0.29) is 0 Å². The number of hydrogen-bond acceptors (Lipinski definition) is 3. The molecule has 0 aliphatic heterocycles. The predicted molar refractivity (Wildman–Crippen MR) is 80.8 cm³/mol. The highest BCUT2D eigenvalue weighted by atomic mass is 28.4. The Morgan fingerprint density at radius 2 is 1.22 bits per heavy atom. The molecule has 0 fully saturated rings. The molecular weight excluding hydrogens is 242 g/mol. The van der Waals surface area contributed by atoms with Gasteiger partial charge in [-0.2, -0.15) is 0 Å². The van der Waals surface area contributed by atoms with Crippen molar-refractivity contribution in [1.82, 2.24) is 5.32 Å². The molecule has 0 atom stereocenters. The van der Waals surface area contributed by atoms with Crippen LogP contribution in [0.15, 0.2) is 0 Å². The van der Waals surface area contributed by atoms with E-state index in [1.54, 1.807) is 6.55 Å². The quantitative estimate of drug-likeness (QED) is 0.358. The Hall–Kier alpha value is 0.0969. The molecule has 0 unspecified atom stereocenters. The van der Waals surface area contributed by atoms with Gasteiger partial charge in [0.25, 0.3) is 0 Å². The van der Waals surface area contributed by atoms with Crippen LogP contribution in [0.3, 0.4) is 0 Å². The molecule has 0 aromatic heterocycles. The van der Waals surface area contributed by atoms with Gasteiger partial charge in [0.15, 0.2) is 0 Å². The largest absolute Gasteiger partial charge is 0.410 e. The summed E-state index contributed by atoms with van der Waals surface area (Å²) < 4.78 is 0. The third kappa shape index (κ3) is 16.1. The Labute approximate surface area is 114 Å². The zero-order valence-electron chi connectivity index (χ0n) is 12.4. The molecule has 0 aliphatic rings. The lowest BCUT2D eigenvalue weighted by Crippen LogP contribution is -2.43. The van der Waals surface area contributed by atoms with Crippen LogP contribution in [-0.4, -0.2) is 30.9 Å². The Balaban J connectivity index is 2.99. The second kappa shape index (κ2) is 12.1. The first kappa shape index (κ1) is 18.1. The maximum Gasteiger partial charge on any atom is 0.343 e. The standard InChI is InChI=1S/C14H33NO2Si/c1-3-4-5-6-7-8-9-10-11-12-13-15-14-18(2,16)17/h15-17H,3-14H2,1-2H3. The van der Waals surface area contributed by atoms with Gasteiger partial charge >= 0.3 is 8.56 Å². The summed E-state index contributed by atoms with van der Waals surface area (Å²) in [7, 11) is -2.87. The van der Waals surface area contributed by atoms with Gasteiger partial charge in [-0.1, -0.05) is 64.7 Å². The van der Waals surface area contributed by atoms with Crippen LogP contribution in [0.2, 0.25) is 6.55 Å². The van der Waals surface area contributed by atoms with Crippen LogP contribution in [0, 0.1) is 0 Å². The molecule has 18 heavy (non-hydrogen) atoms. The number of rotatable bonds is 13. The predicted octanol–water partition coefficient (Wildman–Crippen LogP) is 3.09. The van der Waals surface area contributed by atoms with E-state index in [0.29, 0.717) is 6.17 Å². The molecule has 0 rings (SSSR count). The van der Waals surface area contributed by atoms with Crippen molar-refractivity contribution >= 4 is 8.56 Å². The van der Waals surface area contributed by atoms with E-state index in [2.05, 4.69) is 12.2 Å². The molecule has 0 amide bonds. The minimum Gasteiger partial charge on any atom is -0.410 e. The summed E-state index contributed by atoms with van der Waals surface area (Å²) in [5.74, 6) is 0. The Morgan fingerprint density at radius 3 is 1.67 bits per heavy atom. The summed E-state index contributed by atoms with van der Waals surface area (Å²) in [5.41, 5.74) is 0. The van der Waals surface area contributed by atoms with Crippen molar-refractivity contribution in [1.29, 1.82) is 0 Å². The SMILES string of the molecule is CCCCCCCCCCCCNC[Si](C)(O)O. The summed E-state index contributed by atoms with van der Waals surface area (Å²) in [6.07, 6.45) is 13.8. The molecule has 4 heteroatoms. The molecular formula is C14H33NO2Si. The number of nitrogens with one attached hydrogen (secondary N) is 1. The second-order valence-corrected chi connectivity index (χ2v) is 8.36. The van der Waals surface area contributed by atoms with E-state index in [9.17, 15) is 9.59 Å². The van der Waals surface area contributed by atoms with E-state index >= 15 is 0 Å². The number of hydrogen-bond donors (Lipinski definition) is 3. The van der Waals surface area contributed by atoms with Gasteiger partial charge in [0.1, 0.15) is 0 Å². The highest BCUT2D eigenvalue weighted by molar-refractivity contribution is 6.63. The molecule has 0 bridgehead atoms. The van der Waals surface area contributed by atoms with Gasteiger partial charge in [-0.15, -0.1) is 0 Å². The van der Waals surface area contributed by atoms with Crippen LogP contribution in [0.1, 0.15) is 71.1 Å². The molecule has 0 saturated heterocycles. The van der Waals surface area contributed by atoms with Gasteiger partial charge in [-0.05, 0) is 19.5 Å². The van der Waals surface area contributed by atoms with Crippen molar-refractivity contribution in [3.8, 4) is 0 Å². The molecule has 0 spiro atoms. The summed E-state index contributed by atoms with van der Waals surface area (Å²) >= 11 is 0. The molecule has 0 aromatic rings. The Morgan fingerprint density at radius 1 is 0.778 bits per heavy atom. The van der Waals surface area contributed by atoms with Crippen molar-refractivity contribution in [2.45, 2.75) is 77.7 Å². The summed E-state index contributed by atoms with van der Waals surface area (Å²) in [6.45, 7) is 4.71. The van der Waals surface area contributed by atoms with Crippen LogP contribution in [0.5, 0.6) is 0 Å². The zero-order valence-corrected chi connectivity index (χ0v) is 13.4. The van der Waals surface area contributed by atoms with Crippen LogP contribution < -0.4 is 5.32 Å². The fraction of sp³-hybridized carbons (Fsp3) is 1.00. The van der Waals surface area contributed by atoms with Crippen molar-refractivity contribution in [2.75, 3.05) is 12.7 Å². The van der Waals surface area contributed by atoms with Crippen molar-refractivity contribution < 1.29 is 9.59 Å². The van der Waals surface area contributed by atoms with E-state index in [0.717, 1.165) is 13.0 Å². The van der Waals surface area contributed by atoms with Crippen LogP contribution in [0.4, 0.5) is 0 Å². The van der Waals surface area contributed by atoms with Gasteiger partial charge in [-0.25, -0.2) is 0 Å². The maximum absolute atomic E-state index is 9.21. The number of unbranched alkanes of at least 4 members (excludes halogenated alkanes) is 9. The normalized spacial score (nSPS) is 12.0. The smallest absolute Gasteiger partial charge is 0.343 e. The van der Waals surface area contributed by atoms with E-state index in [1.165, 1.54) is 57.8 Å². The van der Waals surface area contributed by atoms with Crippen molar-refractivity contribution in [2.24, 2.45) is 0 Å². The van der Waals surface area contributed by atoms with Crippen LogP contribution in [0.25, 0.3) is 0 Å². The Bertz CT molecular complexity index is 172. The van der Waals surface area contributed by atoms with E-state index in [1.807, 2.05) is 0 Å². The van der Waals surface area contributed by atoms with Crippen molar-refractivity contribution in [3.05, 3.63) is 0 Å². The molecule has 3 nitrogen and oxygen atoms in total. The highest BCUT2D eigenvalue weighted by Gasteiger charge is 2.19. The fourth-order valence-corrected chi connectivity index (χ4v) is 2.71. The van der Waals surface area contributed by atoms with Crippen molar-refractivity contribution in [3.63, 3.8) is 0 Å². The first-order chi connectivity index (χ1) is 8.56. The summed E-state index contributed by atoms with van der Waals surface area (Å²) in [4.78, 5) is 18.4. The lowest BCUT2D eigenvalue weighted by atomic mass is 10.1.